The van der Waals surface area contributed by atoms with Crippen LogP contribution in [0.5, 0.6) is 0 Å². The minimum absolute atomic E-state index is 0.409. The van der Waals surface area contributed by atoms with E-state index in [0.717, 1.165) is 12.8 Å². The minimum atomic E-state index is -4.46. The molecule has 0 aliphatic heterocycles. The molecule has 1 aliphatic carbocycles. The fourth-order valence-electron chi connectivity index (χ4n) is 2.15. The van der Waals surface area contributed by atoms with Gasteiger partial charge in [0.25, 0.3) is 0 Å². The Bertz CT molecular complexity index is 334. The summed E-state index contributed by atoms with van der Waals surface area (Å²) in [4.78, 5) is 22.6. The van der Waals surface area contributed by atoms with Crippen LogP contribution >= 0.6 is 0 Å². The number of ether oxygens (including phenoxy) is 1. The standard InChI is InChI=1S/C11H17F3N2O3/c12-11(13,14)6-19-5-9(17)16-8-4-2-1-3-7(8)10(15)18/h7-8H,1-6H2,(H2,15,18)(H,16,17). The van der Waals surface area contributed by atoms with Gasteiger partial charge in [-0.05, 0) is 12.8 Å². The summed E-state index contributed by atoms with van der Waals surface area (Å²) in [6.45, 7) is -2.15. The lowest BCUT2D eigenvalue weighted by atomic mass is 9.84. The summed E-state index contributed by atoms with van der Waals surface area (Å²) in [5, 5.41) is 2.50. The summed E-state index contributed by atoms with van der Waals surface area (Å²) in [5.41, 5.74) is 5.22. The van der Waals surface area contributed by atoms with Gasteiger partial charge >= 0.3 is 6.18 Å². The van der Waals surface area contributed by atoms with Crippen molar-refractivity contribution in [1.29, 1.82) is 0 Å². The molecule has 0 aromatic heterocycles. The summed E-state index contributed by atoms with van der Waals surface area (Å²) >= 11 is 0. The monoisotopic (exact) mass is 282 g/mol. The van der Waals surface area contributed by atoms with Crippen molar-refractivity contribution in [3.05, 3.63) is 0 Å². The summed E-state index contributed by atoms with van der Waals surface area (Å²) in [5.74, 6) is -1.62. The predicted molar refractivity (Wildman–Crippen MR) is 60.0 cm³/mol. The highest BCUT2D eigenvalue weighted by Crippen LogP contribution is 2.24. The van der Waals surface area contributed by atoms with Crippen LogP contribution in [0.2, 0.25) is 0 Å². The molecule has 0 bridgehead atoms. The molecule has 8 heteroatoms. The molecule has 1 aliphatic rings. The summed E-state index contributed by atoms with van der Waals surface area (Å²) in [6.07, 6.45) is -1.58. The Morgan fingerprint density at radius 3 is 2.47 bits per heavy atom. The van der Waals surface area contributed by atoms with Gasteiger partial charge in [0.1, 0.15) is 13.2 Å². The van der Waals surface area contributed by atoms with E-state index in [1.807, 2.05) is 0 Å². The highest BCUT2D eigenvalue weighted by Gasteiger charge is 2.31. The van der Waals surface area contributed by atoms with Crippen molar-refractivity contribution in [3.63, 3.8) is 0 Å². The second kappa shape index (κ2) is 6.74. The SMILES string of the molecule is NC(=O)C1CCCCC1NC(=O)COCC(F)(F)F. The number of hydrogen-bond donors (Lipinski definition) is 2. The first-order valence-corrected chi connectivity index (χ1v) is 6.03. The first-order valence-electron chi connectivity index (χ1n) is 6.03. The number of hydrogen-bond acceptors (Lipinski definition) is 3. The van der Waals surface area contributed by atoms with Crippen LogP contribution in [0.3, 0.4) is 0 Å². The van der Waals surface area contributed by atoms with E-state index in [9.17, 15) is 22.8 Å². The van der Waals surface area contributed by atoms with E-state index in [1.165, 1.54) is 0 Å². The minimum Gasteiger partial charge on any atom is -0.369 e. The van der Waals surface area contributed by atoms with Crippen molar-refractivity contribution in [1.82, 2.24) is 5.32 Å². The zero-order valence-electron chi connectivity index (χ0n) is 10.3. The largest absolute Gasteiger partial charge is 0.411 e. The van der Waals surface area contributed by atoms with Crippen LogP contribution < -0.4 is 11.1 Å². The molecule has 1 saturated carbocycles. The van der Waals surface area contributed by atoms with Gasteiger partial charge in [-0.3, -0.25) is 9.59 Å². The maximum atomic E-state index is 11.8. The van der Waals surface area contributed by atoms with Crippen LogP contribution in [0.4, 0.5) is 13.2 Å². The summed E-state index contributed by atoms with van der Waals surface area (Å²) in [6, 6.07) is -0.409. The number of rotatable bonds is 5. The maximum absolute atomic E-state index is 11.8. The smallest absolute Gasteiger partial charge is 0.369 e. The molecule has 5 nitrogen and oxygen atoms in total. The van der Waals surface area contributed by atoms with E-state index in [-0.39, 0.29) is 0 Å². The number of nitrogens with two attached hydrogens (primary N) is 1. The summed E-state index contributed by atoms with van der Waals surface area (Å²) in [7, 11) is 0. The number of carbonyl (C=O) groups is 2. The van der Waals surface area contributed by atoms with Crippen molar-refractivity contribution in [3.8, 4) is 0 Å². The van der Waals surface area contributed by atoms with Crippen LogP contribution in [0.1, 0.15) is 25.7 Å². The zero-order chi connectivity index (χ0) is 14.5. The van der Waals surface area contributed by atoms with Gasteiger partial charge in [0.05, 0.1) is 5.92 Å². The third-order valence-corrected chi connectivity index (χ3v) is 2.98. The van der Waals surface area contributed by atoms with Crippen LogP contribution in [-0.2, 0) is 14.3 Å². The molecule has 0 heterocycles. The molecule has 0 saturated heterocycles. The molecule has 0 aromatic carbocycles. The second-order valence-electron chi connectivity index (χ2n) is 4.58. The highest BCUT2D eigenvalue weighted by atomic mass is 19.4. The number of alkyl halides is 3. The van der Waals surface area contributed by atoms with Crippen molar-refractivity contribution in [2.75, 3.05) is 13.2 Å². The van der Waals surface area contributed by atoms with E-state index >= 15 is 0 Å². The number of amides is 2. The van der Waals surface area contributed by atoms with Crippen LogP contribution in [0.25, 0.3) is 0 Å². The Morgan fingerprint density at radius 1 is 1.26 bits per heavy atom. The Morgan fingerprint density at radius 2 is 1.89 bits per heavy atom. The lowest BCUT2D eigenvalue weighted by Crippen LogP contribution is -2.48. The summed E-state index contributed by atoms with van der Waals surface area (Å²) < 4.78 is 39.7. The number of halogens is 3. The van der Waals surface area contributed by atoms with Gasteiger partial charge in [0, 0.05) is 6.04 Å². The lowest BCUT2D eigenvalue weighted by Gasteiger charge is -2.29. The predicted octanol–water partition coefficient (Wildman–Crippen LogP) is 0.726. The van der Waals surface area contributed by atoms with E-state index in [4.69, 9.17) is 5.73 Å². The van der Waals surface area contributed by atoms with Gasteiger partial charge in [0.15, 0.2) is 0 Å². The molecule has 3 N–H and O–H groups in total. The van der Waals surface area contributed by atoms with Crippen molar-refractivity contribution in [2.45, 2.75) is 37.9 Å². The number of carbonyl (C=O) groups excluding carboxylic acids is 2. The molecule has 0 spiro atoms. The van der Waals surface area contributed by atoms with Gasteiger partial charge in [-0.1, -0.05) is 12.8 Å². The third kappa shape index (κ3) is 5.91. The number of nitrogens with one attached hydrogen (secondary N) is 1. The molecule has 110 valence electrons. The molecule has 2 atom stereocenters. The van der Waals surface area contributed by atoms with E-state index in [1.54, 1.807) is 0 Å². The van der Waals surface area contributed by atoms with Crippen molar-refractivity contribution >= 4 is 11.8 Å². The molecular weight excluding hydrogens is 265 g/mol. The van der Waals surface area contributed by atoms with Gasteiger partial charge < -0.3 is 15.8 Å². The molecular formula is C11H17F3N2O3. The Labute approximate surface area is 108 Å². The van der Waals surface area contributed by atoms with Gasteiger partial charge in [-0.15, -0.1) is 0 Å². The van der Waals surface area contributed by atoms with Crippen molar-refractivity contribution in [2.24, 2.45) is 11.7 Å². The van der Waals surface area contributed by atoms with Crippen molar-refractivity contribution < 1.29 is 27.5 Å². The van der Waals surface area contributed by atoms with Gasteiger partial charge in [-0.2, -0.15) is 13.2 Å². The highest BCUT2D eigenvalue weighted by molar-refractivity contribution is 5.81. The zero-order valence-corrected chi connectivity index (χ0v) is 10.3. The quantitative estimate of drug-likeness (QED) is 0.779. The third-order valence-electron chi connectivity index (χ3n) is 2.98. The Kier molecular flexibility index (Phi) is 5.59. The Hall–Kier alpha value is -1.31. The normalized spacial score (nSPS) is 23.9. The average Bonchev–Trinajstić information content (AvgIpc) is 2.27. The van der Waals surface area contributed by atoms with Gasteiger partial charge in [0.2, 0.25) is 11.8 Å². The first kappa shape index (κ1) is 15.7. The fraction of sp³-hybridized carbons (Fsp3) is 0.818. The second-order valence-corrected chi connectivity index (χ2v) is 4.58. The molecule has 19 heavy (non-hydrogen) atoms. The fourth-order valence-corrected chi connectivity index (χ4v) is 2.15. The van der Waals surface area contributed by atoms with Gasteiger partial charge in [-0.25, -0.2) is 0 Å². The maximum Gasteiger partial charge on any atom is 0.411 e. The van der Waals surface area contributed by atoms with E-state index in [0.29, 0.717) is 12.8 Å². The first-order chi connectivity index (χ1) is 8.79. The van der Waals surface area contributed by atoms with E-state index < -0.39 is 43.2 Å². The molecule has 1 fully saturated rings. The average molecular weight is 282 g/mol. The molecule has 2 unspecified atom stereocenters. The van der Waals surface area contributed by atoms with Crippen LogP contribution in [0.15, 0.2) is 0 Å². The Balaban J connectivity index is 2.36. The molecule has 2 amide bonds. The van der Waals surface area contributed by atoms with Crippen LogP contribution in [-0.4, -0.2) is 37.2 Å². The topological polar surface area (TPSA) is 81.4 Å². The molecule has 1 rings (SSSR count). The van der Waals surface area contributed by atoms with Crippen LogP contribution in [0, 0.1) is 5.92 Å². The van der Waals surface area contributed by atoms with E-state index in [2.05, 4.69) is 10.1 Å². The molecule has 0 radical (unpaired) electrons. The molecule has 0 aromatic rings. The lowest BCUT2D eigenvalue weighted by molar-refractivity contribution is -0.175. The number of primary amides is 1.